The smallest absolute Gasteiger partial charge is 0.261 e. The third-order valence-corrected chi connectivity index (χ3v) is 4.97. The SMILES string of the molecule is CC[C@@H](C)NC(=O)[C@H](CC)N(Cc1ccccc1)C(=O)COc1ccc(C)cc1. The number of amides is 2. The van der Waals surface area contributed by atoms with Crippen LogP contribution in [0.4, 0.5) is 0 Å². The molecule has 5 heteroatoms. The topological polar surface area (TPSA) is 58.6 Å². The van der Waals surface area contributed by atoms with E-state index in [9.17, 15) is 9.59 Å². The number of hydrogen-bond donors (Lipinski definition) is 1. The van der Waals surface area contributed by atoms with E-state index in [0.717, 1.165) is 17.5 Å². The fourth-order valence-electron chi connectivity index (χ4n) is 3.00. The van der Waals surface area contributed by atoms with Crippen molar-refractivity contribution in [2.75, 3.05) is 6.61 Å². The van der Waals surface area contributed by atoms with Gasteiger partial charge in [-0.2, -0.15) is 0 Å². The lowest BCUT2D eigenvalue weighted by Gasteiger charge is -2.31. The highest BCUT2D eigenvalue weighted by Crippen LogP contribution is 2.15. The molecule has 2 aromatic carbocycles. The molecule has 0 bridgehead atoms. The maximum Gasteiger partial charge on any atom is 0.261 e. The Bertz CT molecular complexity index is 774. The van der Waals surface area contributed by atoms with Crippen LogP contribution in [0.25, 0.3) is 0 Å². The van der Waals surface area contributed by atoms with E-state index < -0.39 is 6.04 Å². The molecule has 156 valence electrons. The second kappa shape index (κ2) is 11.2. The summed E-state index contributed by atoms with van der Waals surface area (Å²) in [5.74, 6) is 0.308. The van der Waals surface area contributed by atoms with Crippen molar-refractivity contribution in [3.8, 4) is 5.75 Å². The average Bonchev–Trinajstić information content (AvgIpc) is 2.73. The second-order valence-corrected chi connectivity index (χ2v) is 7.35. The largest absolute Gasteiger partial charge is 0.484 e. The first-order valence-corrected chi connectivity index (χ1v) is 10.3. The molecule has 0 heterocycles. The summed E-state index contributed by atoms with van der Waals surface area (Å²) in [5, 5.41) is 3.01. The summed E-state index contributed by atoms with van der Waals surface area (Å²) in [5.41, 5.74) is 2.10. The molecule has 0 saturated heterocycles. The molecule has 0 aliphatic rings. The zero-order valence-corrected chi connectivity index (χ0v) is 17.9. The van der Waals surface area contributed by atoms with Gasteiger partial charge in [-0.15, -0.1) is 0 Å². The highest BCUT2D eigenvalue weighted by Gasteiger charge is 2.29. The molecule has 0 unspecified atom stereocenters. The van der Waals surface area contributed by atoms with E-state index in [4.69, 9.17) is 4.74 Å². The van der Waals surface area contributed by atoms with E-state index in [0.29, 0.717) is 18.7 Å². The molecule has 2 atom stereocenters. The van der Waals surface area contributed by atoms with E-state index >= 15 is 0 Å². The van der Waals surface area contributed by atoms with Gasteiger partial charge in [0.05, 0.1) is 0 Å². The summed E-state index contributed by atoms with van der Waals surface area (Å²) in [7, 11) is 0. The van der Waals surface area contributed by atoms with Crippen molar-refractivity contribution >= 4 is 11.8 Å². The van der Waals surface area contributed by atoms with Crippen LogP contribution in [0.5, 0.6) is 5.75 Å². The summed E-state index contributed by atoms with van der Waals surface area (Å²) in [6.45, 7) is 8.17. The number of carbonyl (C=O) groups excluding carboxylic acids is 2. The average molecular weight is 397 g/mol. The molecule has 2 aromatic rings. The van der Waals surface area contributed by atoms with Crippen molar-refractivity contribution in [2.45, 2.75) is 59.2 Å². The lowest BCUT2D eigenvalue weighted by molar-refractivity contribution is -0.143. The van der Waals surface area contributed by atoms with Gasteiger partial charge >= 0.3 is 0 Å². The fourth-order valence-corrected chi connectivity index (χ4v) is 3.00. The van der Waals surface area contributed by atoms with Gasteiger partial charge < -0.3 is 15.0 Å². The Kier molecular flexibility index (Phi) is 8.71. The first kappa shape index (κ1) is 22.5. The standard InChI is InChI=1S/C24H32N2O3/c1-5-19(4)25-24(28)22(6-2)26(16-20-10-8-7-9-11-20)23(27)17-29-21-14-12-18(3)13-15-21/h7-15,19,22H,5-6,16-17H2,1-4H3,(H,25,28)/t19-,22+/m1/s1. The monoisotopic (exact) mass is 396 g/mol. The third kappa shape index (κ3) is 6.93. The molecule has 0 fully saturated rings. The van der Waals surface area contributed by atoms with Crippen LogP contribution in [-0.2, 0) is 16.1 Å². The first-order valence-electron chi connectivity index (χ1n) is 10.3. The van der Waals surface area contributed by atoms with Gasteiger partial charge in [0.25, 0.3) is 5.91 Å². The Morgan fingerprint density at radius 3 is 2.24 bits per heavy atom. The molecule has 29 heavy (non-hydrogen) atoms. The van der Waals surface area contributed by atoms with Crippen molar-refractivity contribution in [2.24, 2.45) is 0 Å². The van der Waals surface area contributed by atoms with Crippen LogP contribution in [0.15, 0.2) is 54.6 Å². The van der Waals surface area contributed by atoms with Crippen LogP contribution in [0.1, 0.15) is 44.7 Å². The number of ether oxygens (including phenoxy) is 1. The normalized spacial score (nSPS) is 12.7. The van der Waals surface area contributed by atoms with E-state index in [-0.39, 0.29) is 24.5 Å². The molecule has 0 aliphatic heterocycles. The molecule has 0 aliphatic carbocycles. The van der Waals surface area contributed by atoms with E-state index in [1.165, 1.54) is 0 Å². The van der Waals surface area contributed by atoms with Crippen LogP contribution in [0.3, 0.4) is 0 Å². The van der Waals surface area contributed by atoms with Crippen LogP contribution < -0.4 is 10.1 Å². The van der Waals surface area contributed by atoms with Gasteiger partial charge in [0.15, 0.2) is 6.61 Å². The van der Waals surface area contributed by atoms with Crippen molar-refractivity contribution in [1.29, 1.82) is 0 Å². The number of rotatable bonds is 10. The molecule has 5 nitrogen and oxygen atoms in total. The zero-order chi connectivity index (χ0) is 21.2. The number of carbonyl (C=O) groups is 2. The van der Waals surface area contributed by atoms with Gasteiger partial charge in [-0.05, 0) is 44.4 Å². The van der Waals surface area contributed by atoms with Crippen LogP contribution >= 0.6 is 0 Å². The molecule has 0 spiro atoms. The number of nitrogens with one attached hydrogen (secondary N) is 1. The fraction of sp³-hybridized carbons (Fsp3) is 0.417. The predicted octanol–water partition coefficient (Wildman–Crippen LogP) is 4.10. The summed E-state index contributed by atoms with van der Waals surface area (Å²) in [6.07, 6.45) is 1.37. The second-order valence-electron chi connectivity index (χ2n) is 7.35. The highest BCUT2D eigenvalue weighted by molar-refractivity contribution is 5.88. The molecule has 1 N–H and O–H groups in total. The maximum atomic E-state index is 13.1. The minimum Gasteiger partial charge on any atom is -0.484 e. The Morgan fingerprint density at radius 1 is 1.00 bits per heavy atom. The highest BCUT2D eigenvalue weighted by atomic mass is 16.5. The van der Waals surface area contributed by atoms with E-state index in [1.807, 2.05) is 82.3 Å². The van der Waals surface area contributed by atoms with Crippen LogP contribution in [0, 0.1) is 6.92 Å². The Balaban J connectivity index is 2.16. The van der Waals surface area contributed by atoms with E-state index in [2.05, 4.69) is 5.32 Å². The van der Waals surface area contributed by atoms with Gasteiger partial charge in [0.2, 0.25) is 5.91 Å². The lowest BCUT2D eigenvalue weighted by Crippen LogP contribution is -2.51. The van der Waals surface area contributed by atoms with Crippen molar-refractivity contribution in [1.82, 2.24) is 10.2 Å². The number of aryl methyl sites for hydroxylation is 1. The van der Waals surface area contributed by atoms with Crippen molar-refractivity contribution in [3.63, 3.8) is 0 Å². The first-order chi connectivity index (χ1) is 13.9. The summed E-state index contributed by atoms with van der Waals surface area (Å²) >= 11 is 0. The molecule has 2 rings (SSSR count). The number of hydrogen-bond acceptors (Lipinski definition) is 3. The van der Waals surface area contributed by atoms with E-state index in [1.54, 1.807) is 4.90 Å². The maximum absolute atomic E-state index is 13.1. The third-order valence-electron chi connectivity index (χ3n) is 4.97. The van der Waals surface area contributed by atoms with Gasteiger partial charge in [0, 0.05) is 12.6 Å². The van der Waals surface area contributed by atoms with Crippen LogP contribution in [-0.4, -0.2) is 35.4 Å². The van der Waals surface area contributed by atoms with Gasteiger partial charge in [-0.3, -0.25) is 9.59 Å². The molecular weight excluding hydrogens is 364 g/mol. The molecule has 0 aromatic heterocycles. The molecule has 0 saturated carbocycles. The summed E-state index contributed by atoms with van der Waals surface area (Å²) in [4.78, 5) is 27.5. The summed E-state index contributed by atoms with van der Waals surface area (Å²) < 4.78 is 5.70. The quantitative estimate of drug-likeness (QED) is 0.658. The zero-order valence-electron chi connectivity index (χ0n) is 17.9. The van der Waals surface area contributed by atoms with Gasteiger partial charge in [-0.25, -0.2) is 0 Å². The van der Waals surface area contributed by atoms with Crippen LogP contribution in [0.2, 0.25) is 0 Å². The molecule has 0 radical (unpaired) electrons. The minimum atomic E-state index is -0.543. The molecular formula is C24H32N2O3. The number of benzene rings is 2. The lowest BCUT2D eigenvalue weighted by atomic mass is 10.1. The minimum absolute atomic E-state index is 0.0639. The predicted molar refractivity (Wildman–Crippen MR) is 116 cm³/mol. The Morgan fingerprint density at radius 2 is 1.66 bits per heavy atom. The Labute approximate surface area is 174 Å². The van der Waals surface area contributed by atoms with Crippen molar-refractivity contribution < 1.29 is 14.3 Å². The van der Waals surface area contributed by atoms with Gasteiger partial charge in [-0.1, -0.05) is 61.9 Å². The van der Waals surface area contributed by atoms with Gasteiger partial charge in [0.1, 0.15) is 11.8 Å². The summed E-state index contributed by atoms with van der Waals surface area (Å²) in [6, 6.07) is 16.8. The van der Waals surface area contributed by atoms with Crippen molar-refractivity contribution in [3.05, 3.63) is 65.7 Å². The number of nitrogens with zero attached hydrogens (tertiary/aromatic N) is 1. The molecule has 2 amide bonds. The Hall–Kier alpha value is -2.82.